The average molecular weight is 285 g/mol. The standard InChI is InChI=1S/C12H19N3O5/c16-9-6-13-8(5-14-9)10(17)15-7-12(11(18)19)1-3-20-4-2-12/h8,13H,1-7H2,(H,14,16)(H,15,17)(H,18,19). The summed E-state index contributed by atoms with van der Waals surface area (Å²) in [5, 5.41) is 17.4. The number of ether oxygens (including phenoxy) is 1. The van der Waals surface area contributed by atoms with Crippen molar-refractivity contribution in [2.24, 2.45) is 5.41 Å². The van der Waals surface area contributed by atoms with Gasteiger partial charge < -0.3 is 20.5 Å². The third-order valence-corrected chi connectivity index (χ3v) is 3.83. The molecule has 20 heavy (non-hydrogen) atoms. The fourth-order valence-electron chi connectivity index (χ4n) is 2.36. The van der Waals surface area contributed by atoms with E-state index in [-0.39, 0.29) is 31.4 Å². The first-order valence-corrected chi connectivity index (χ1v) is 6.62. The van der Waals surface area contributed by atoms with Crippen LogP contribution in [0, 0.1) is 5.41 Å². The first-order valence-electron chi connectivity index (χ1n) is 6.62. The van der Waals surface area contributed by atoms with Crippen molar-refractivity contribution in [2.75, 3.05) is 32.8 Å². The van der Waals surface area contributed by atoms with Crippen LogP contribution < -0.4 is 16.0 Å². The van der Waals surface area contributed by atoms with E-state index in [1.807, 2.05) is 0 Å². The van der Waals surface area contributed by atoms with E-state index in [1.165, 1.54) is 0 Å². The normalized spacial score (nSPS) is 25.6. The fourth-order valence-corrected chi connectivity index (χ4v) is 2.36. The number of aliphatic carboxylic acids is 1. The number of hydrogen-bond donors (Lipinski definition) is 4. The van der Waals surface area contributed by atoms with Gasteiger partial charge in [0.1, 0.15) is 6.04 Å². The van der Waals surface area contributed by atoms with Crippen LogP contribution in [-0.2, 0) is 19.1 Å². The molecule has 0 spiro atoms. The monoisotopic (exact) mass is 285 g/mol. The Hall–Kier alpha value is -1.67. The molecule has 112 valence electrons. The molecule has 8 heteroatoms. The van der Waals surface area contributed by atoms with Gasteiger partial charge in [0, 0.05) is 26.3 Å². The molecule has 0 bridgehead atoms. The van der Waals surface area contributed by atoms with Crippen LogP contribution in [0.25, 0.3) is 0 Å². The van der Waals surface area contributed by atoms with Gasteiger partial charge in [0.25, 0.3) is 0 Å². The molecule has 0 aliphatic carbocycles. The molecule has 2 fully saturated rings. The second kappa shape index (κ2) is 6.19. The number of carboxylic acid groups (broad SMARTS) is 1. The summed E-state index contributed by atoms with van der Waals surface area (Å²) >= 11 is 0. The van der Waals surface area contributed by atoms with E-state index in [2.05, 4.69) is 16.0 Å². The second-order valence-electron chi connectivity index (χ2n) is 5.15. The van der Waals surface area contributed by atoms with E-state index < -0.39 is 17.4 Å². The van der Waals surface area contributed by atoms with E-state index in [1.54, 1.807) is 0 Å². The number of piperazine rings is 1. The van der Waals surface area contributed by atoms with Crippen molar-refractivity contribution in [3.63, 3.8) is 0 Å². The Balaban J connectivity index is 1.87. The average Bonchev–Trinajstić information content (AvgIpc) is 2.46. The lowest BCUT2D eigenvalue weighted by Gasteiger charge is -2.34. The van der Waals surface area contributed by atoms with Crippen LogP contribution in [0.2, 0.25) is 0 Å². The molecule has 2 aliphatic heterocycles. The maximum atomic E-state index is 12.0. The van der Waals surface area contributed by atoms with Crippen molar-refractivity contribution in [3.05, 3.63) is 0 Å². The van der Waals surface area contributed by atoms with Crippen molar-refractivity contribution in [1.29, 1.82) is 0 Å². The van der Waals surface area contributed by atoms with Crippen molar-refractivity contribution in [1.82, 2.24) is 16.0 Å². The lowest BCUT2D eigenvalue weighted by atomic mass is 9.80. The maximum absolute atomic E-state index is 12.0. The van der Waals surface area contributed by atoms with Crippen LogP contribution in [-0.4, -0.2) is 61.8 Å². The largest absolute Gasteiger partial charge is 0.481 e. The zero-order valence-electron chi connectivity index (χ0n) is 11.1. The van der Waals surface area contributed by atoms with E-state index in [4.69, 9.17) is 4.74 Å². The van der Waals surface area contributed by atoms with Crippen molar-refractivity contribution in [3.8, 4) is 0 Å². The van der Waals surface area contributed by atoms with Crippen LogP contribution >= 0.6 is 0 Å². The number of rotatable bonds is 4. The van der Waals surface area contributed by atoms with Gasteiger partial charge in [0.05, 0.1) is 12.0 Å². The summed E-state index contributed by atoms with van der Waals surface area (Å²) in [7, 11) is 0. The van der Waals surface area contributed by atoms with E-state index in [0.717, 1.165) is 0 Å². The molecule has 2 heterocycles. The summed E-state index contributed by atoms with van der Waals surface area (Å²) in [5.41, 5.74) is -0.953. The second-order valence-corrected chi connectivity index (χ2v) is 5.15. The highest BCUT2D eigenvalue weighted by molar-refractivity contribution is 5.87. The highest BCUT2D eigenvalue weighted by atomic mass is 16.5. The molecule has 2 amide bonds. The molecular formula is C12H19N3O5. The highest BCUT2D eigenvalue weighted by Crippen LogP contribution is 2.30. The van der Waals surface area contributed by atoms with Gasteiger partial charge in [0.15, 0.2) is 0 Å². The minimum atomic E-state index is -0.953. The molecule has 0 saturated carbocycles. The summed E-state index contributed by atoms with van der Waals surface area (Å²) in [6.07, 6.45) is 0.773. The van der Waals surface area contributed by atoms with E-state index >= 15 is 0 Å². The van der Waals surface area contributed by atoms with Crippen molar-refractivity contribution >= 4 is 17.8 Å². The molecule has 0 aromatic rings. The first kappa shape index (κ1) is 14.7. The Kier molecular flexibility index (Phi) is 4.56. The van der Waals surface area contributed by atoms with Gasteiger partial charge in [0.2, 0.25) is 11.8 Å². The zero-order valence-corrected chi connectivity index (χ0v) is 11.1. The summed E-state index contributed by atoms with van der Waals surface area (Å²) < 4.78 is 5.17. The molecular weight excluding hydrogens is 266 g/mol. The third kappa shape index (κ3) is 3.26. The Morgan fingerprint density at radius 2 is 2.10 bits per heavy atom. The number of carbonyl (C=O) groups is 3. The minimum absolute atomic E-state index is 0.0800. The number of carbonyl (C=O) groups excluding carboxylic acids is 2. The summed E-state index contributed by atoms with van der Waals surface area (Å²) in [6, 6.07) is -0.515. The van der Waals surface area contributed by atoms with Gasteiger partial charge in [-0.1, -0.05) is 0 Å². The number of carboxylic acids is 1. The number of nitrogens with one attached hydrogen (secondary N) is 3. The van der Waals surface area contributed by atoms with Gasteiger partial charge >= 0.3 is 5.97 Å². The molecule has 1 atom stereocenters. The molecule has 0 aromatic heterocycles. The smallest absolute Gasteiger partial charge is 0.311 e. The van der Waals surface area contributed by atoms with E-state index in [0.29, 0.717) is 26.1 Å². The van der Waals surface area contributed by atoms with Crippen LogP contribution in [0.15, 0.2) is 0 Å². The van der Waals surface area contributed by atoms with Crippen molar-refractivity contribution in [2.45, 2.75) is 18.9 Å². The van der Waals surface area contributed by atoms with Gasteiger partial charge in [-0.15, -0.1) is 0 Å². The van der Waals surface area contributed by atoms with Crippen LogP contribution in [0.5, 0.6) is 0 Å². The quantitative estimate of drug-likeness (QED) is 0.478. The van der Waals surface area contributed by atoms with E-state index in [9.17, 15) is 19.5 Å². The Labute approximate surface area is 116 Å². The first-order chi connectivity index (χ1) is 9.53. The van der Waals surface area contributed by atoms with Gasteiger partial charge in [-0.2, -0.15) is 0 Å². The Morgan fingerprint density at radius 3 is 2.65 bits per heavy atom. The van der Waals surface area contributed by atoms with Crippen LogP contribution in [0.3, 0.4) is 0 Å². The molecule has 8 nitrogen and oxygen atoms in total. The minimum Gasteiger partial charge on any atom is -0.481 e. The third-order valence-electron chi connectivity index (χ3n) is 3.83. The van der Waals surface area contributed by atoms with Gasteiger partial charge in [-0.25, -0.2) is 0 Å². The zero-order chi connectivity index (χ0) is 14.6. The maximum Gasteiger partial charge on any atom is 0.311 e. The lowest BCUT2D eigenvalue weighted by molar-refractivity contribution is -0.154. The predicted molar refractivity (Wildman–Crippen MR) is 67.9 cm³/mol. The molecule has 2 saturated heterocycles. The topological polar surface area (TPSA) is 117 Å². The highest BCUT2D eigenvalue weighted by Gasteiger charge is 2.41. The molecule has 2 aliphatic rings. The molecule has 2 rings (SSSR count). The predicted octanol–water partition coefficient (Wildman–Crippen LogP) is -1.93. The number of amides is 2. The molecule has 0 radical (unpaired) electrons. The Bertz CT molecular complexity index is 396. The van der Waals surface area contributed by atoms with Crippen LogP contribution in [0.4, 0.5) is 0 Å². The molecule has 0 aromatic carbocycles. The molecule has 4 N–H and O–H groups in total. The molecule has 1 unspecified atom stereocenters. The SMILES string of the molecule is O=C1CNC(C(=O)NCC2(C(=O)O)CCOCC2)CN1. The fraction of sp³-hybridized carbons (Fsp3) is 0.750. The van der Waals surface area contributed by atoms with Gasteiger partial charge in [-0.3, -0.25) is 19.7 Å². The van der Waals surface area contributed by atoms with Crippen molar-refractivity contribution < 1.29 is 24.2 Å². The summed E-state index contributed by atoms with van der Waals surface area (Å²) in [6.45, 7) is 1.17. The lowest BCUT2D eigenvalue weighted by Crippen LogP contribution is -2.59. The number of hydrogen-bond acceptors (Lipinski definition) is 5. The van der Waals surface area contributed by atoms with Crippen LogP contribution in [0.1, 0.15) is 12.8 Å². The van der Waals surface area contributed by atoms with Gasteiger partial charge in [-0.05, 0) is 12.8 Å². The Morgan fingerprint density at radius 1 is 1.40 bits per heavy atom. The summed E-state index contributed by atoms with van der Waals surface area (Å²) in [5.74, 6) is -1.36. The summed E-state index contributed by atoms with van der Waals surface area (Å²) in [4.78, 5) is 34.4.